The lowest BCUT2D eigenvalue weighted by atomic mass is 10.1. The molecule has 1 heterocycles. The molecule has 1 unspecified atom stereocenters. The van der Waals surface area contributed by atoms with Crippen molar-refractivity contribution in [1.29, 1.82) is 0 Å². The molecule has 0 aliphatic rings. The Balaban J connectivity index is 2.64. The van der Waals surface area contributed by atoms with E-state index in [9.17, 15) is 0 Å². The summed E-state index contributed by atoms with van der Waals surface area (Å²) in [6.45, 7) is 4.05. The normalized spacial score (nSPS) is 13.2. The third-order valence-electron chi connectivity index (χ3n) is 2.10. The molecule has 0 aliphatic heterocycles. The van der Waals surface area contributed by atoms with Crippen molar-refractivity contribution in [2.24, 2.45) is 12.8 Å². The quantitative estimate of drug-likeness (QED) is 0.764. The van der Waals surface area contributed by atoms with E-state index in [0.29, 0.717) is 0 Å². The van der Waals surface area contributed by atoms with Gasteiger partial charge in [-0.05, 0) is 13.3 Å². The van der Waals surface area contributed by atoms with Crippen LogP contribution in [0.3, 0.4) is 0 Å². The summed E-state index contributed by atoms with van der Waals surface area (Å²) in [4.78, 5) is 4.29. The summed E-state index contributed by atoms with van der Waals surface area (Å²) in [6, 6.07) is 0.0335. The lowest BCUT2D eigenvalue weighted by Crippen LogP contribution is -2.15. The Morgan fingerprint density at radius 3 is 2.69 bits per heavy atom. The fourth-order valence-electron chi connectivity index (χ4n) is 1.40. The highest BCUT2D eigenvalue weighted by molar-refractivity contribution is 4.96. The molecule has 1 atom stereocenters. The third-order valence-corrected chi connectivity index (χ3v) is 2.10. The van der Waals surface area contributed by atoms with Gasteiger partial charge in [-0.15, -0.1) is 0 Å². The van der Waals surface area contributed by atoms with E-state index in [-0.39, 0.29) is 6.04 Å². The highest BCUT2D eigenvalue weighted by Crippen LogP contribution is 2.13. The summed E-state index contributed by atoms with van der Waals surface area (Å²) in [6.07, 6.45) is 3.31. The molecular weight excluding hydrogens is 164 g/mol. The van der Waals surface area contributed by atoms with Crippen LogP contribution < -0.4 is 5.73 Å². The van der Waals surface area contributed by atoms with Crippen LogP contribution in [0.15, 0.2) is 0 Å². The number of hydrogen-bond acceptors (Lipinski definition) is 3. The first-order chi connectivity index (χ1) is 6.15. The second-order valence-electron chi connectivity index (χ2n) is 3.39. The van der Waals surface area contributed by atoms with Gasteiger partial charge in [-0.2, -0.15) is 5.10 Å². The molecule has 0 amide bonds. The van der Waals surface area contributed by atoms with Crippen molar-refractivity contribution in [1.82, 2.24) is 14.8 Å². The summed E-state index contributed by atoms with van der Waals surface area (Å²) in [5.41, 5.74) is 5.97. The van der Waals surface area contributed by atoms with E-state index in [1.807, 2.05) is 14.0 Å². The highest BCUT2D eigenvalue weighted by Gasteiger charge is 2.12. The molecule has 0 bridgehead atoms. The maximum absolute atomic E-state index is 5.97. The van der Waals surface area contributed by atoms with Gasteiger partial charge in [0, 0.05) is 7.05 Å². The predicted octanol–water partition coefficient (Wildman–Crippen LogP) is 1.31. The lowest BCUT2D eigenvalue weighted by molar-refractivity contribution is 0.543. The standard InChI is InChI=1S/C9H18N4/c1-4-5-6-8(10)9-11-7(2)12-13(9)3/h8H,4-6,10H2,1-3H3. The summed E-state index contributed by atoms with van der Waals surface area (Å²) in [5, 5.41) is 4.17. The van der Waals surface area contributed by atoms with Gasteiger partial charge < -0.3 is 5.73 Å². The van der Waals surface area contributed by atoms with Crippen LogP contribution in [0, 0.1) is 6.92 Å². The molecule has 74 valence electrons. The Labute approximate surface area is 79.2 Å². The molecule has 13 heavy (non-hydrogen) atoms. The number of aromatic nitrogens is 3. The van der Waals surface area contributed by atoms with E-state index < -0.39 is 0 Å². The van der Waals surface area contributed by atoms with Gasteiger partial charge in [0.2, 0.25) is 0 Å². The van der Waals surface area contributed by atoms with Crippen LogP contribution in [-0.2, 0) is 7.05 Å². The molecule has 0 saturated carbocycles. The van der Waals surface area contributed by atoms with Crippen LogP contribution in [0.5, 0.6) is 0 Å². The second-order valence-corrected chi connectivity index (χ2v) is 3.39. The molecule has 4 nitrogen and oxygen atoms in total. The van der Waals surface area contributed by atoms with Gasteiger partial charge in [0.25, 0.3) is 0 Å². The zero-order valence-electron chi connectivity index (χ0n) is 8.62. The number of nitrogens with zero attached hydrogens (tertiary/aromatic N) is 3. The van der Waals surface area contributed by atoms with E-state index in [1.165, 1.54) is 6.42 Å². The highest BCUT2D eigenvalue weighted by atomic mass is 15.3. The Bertz CT molecular complexity index is 267. The Kier molecular flexibility index (Phi) is 3.42. The first-order valence-corrected chi connectivity index (χ1v) is 4.78. The molecule has 0 saturated heterocycles. The molecule has 2 N–H and O–H groups in total. The summed E-state index contributed by atoms with van der Waals surface area (Å²) >= 11 is 0. The largest absolute Gasteiger partial charge is 0.321 e. The molecule has 0 fully saturated rings. The molecule has 1 aromatic heterocycles. The van der Waals surface area contributed by atoms with Crippen molar-refractivity contribution in [3.8, 4) is 0 Å². The Hall–Kier alpha value is -0.900. The minimum atomic E-state index is 0.0335. The van der Waals surface area contributed by atoms with Crippen LogP contribution in [0.25, 0.3) is 0 Å². The average molecular weight is 182 g/mol. The van der Waals surface area contributed by atoms with Crippen molar-refractivity contribution in [3.05, 3.63) is 11.6 Å². The van der Waals surface area contributed by atoms with Crippen molar-refractivity contribution >= 4 is 0 Å². The van der Waals surface area contributed by atoms with E-state index in [4.69, 9.17) is 5.73 Å². The van der Waals surface area contributed by atoms with E-state index in [0.717, 1.165) is 24.5 Å². The van der Waals surface area contributed by atoms with Gasteiger partial charge in [0.05, 0.1) is 6.04 Å². The number of unbranched alkanes of at least 4 members (excludes halogenated alkanes) is 1. The van der Waals surface area contributed by atoms with E-state index in [2.05, 4.69) is 17.0 Å². The van der Waals surface area contributed by atoms with Crippen molar-refractivity contribution in [3.63, 3.8) is 0 Å². The van der Waals surface area contributed by atoms with Gasteiger partial charge >= 0.3 is 0 Å². The number of hydrogen-bond donors (Lipinski definition) is 1. The monoisotopic (exact) mass is 182 g/mol. The maximum Gasteiger partial charge on any atom is 0.147 e. The van der Waals surface area contributed by atoms with Gasteiger partial charge in [-0.3, -0.25) is 4.68 Å². The maximum atomic E-state index is 5.97. The minimum Gasteiger partial charge on any atom is -0.321 e. The molecule has 0 radical (unpaired) electrons. The summed E-state index contributed by atoms with van der Waals surface area (Å²) in [5.74, 6) is 1.69. The fourth-order valence-corrected chi connectivity index (χ4v) is 1.40. The number of nitrogens with two attached hydrogens (primary N) is 1. The van der Waals surface area contributed by atoms with Gasteiger partial charge in [0.15, 0.2) is 0 Å². The Morgan fingerprint density at radius 1 is 1.54 bits per heavy atom. The predicted molar refractivity (Wildman–Crippen MR) is 52.2 cm³/mol. The van der Waals surface area contributed by atoms with E-state index in [1.54, 1.807) is 4.68 Å². The zero-order chi connectivity index (χ0) is 9.84. The molecule has 0 aromatic carbocycles. The molecular formula is C9H18N4. The minimum absolute atomic E-state index is 0.0335. The number of rotatable bonds is 4. The average Bonchev–Trinajstić information content (AvgIpc) is 2.41. The van der Waals surface area contributed by atoms with Crippen molar-refractivity contribution < 1.29 is 0 Å². The number of aryl methyl sites for hydroxylation is 2. The second kappa shape index (κ2) is 4.37. The smallest absolute Gasteiger partial charge is 0.147 e. The van der Waals surface area contributed by atoms with Gasteiger partial charge in [-0.1, -0.05) is 19.8 Å². The van der Waals surface area contributed by atoms with Crippen molar-refractivity contribution in [2.75, 3.05) is 0 Å². The molecule has 1 rings (SSSR count). The molecule has 0 spiro atoms. The van der Waals surface area contributed by atoms with Crippen LogP contribution in [-0.4, -0.2) is 14.8 Å². The van der Waals surface area contributed by atoms with E-state index >= 15 is 0 Å². The van der Waals surface area contributed by atoms with Crippen LogP contribution in [0.4, 0.5) is 0 Å². The fraction of sp³-hybridized carbons (Fsp3) is 0.778. The summed E-state index contributed by atoms with van der Waals surface area (Å²) < 4.78 is 1.77. The summed E-state index contributed by atoms with van der Waals surface area (Å²) in [7, 11) is 1.89. The van der Waals surface area contributed by atoms with Gasteiger partial charge in [-0.25, -0.2) is 4.98 Å². The first kappa shape index (κ1) is 10.2. The lowest BCUT2D eigenvalue weighted by Gasteiger charge is -2.08. The molecule has 1 aromatic rings. The van der Waals surface area contributed by atoms with Gasteiger partial charge in [0.1, 0.15) is 11.6 Å². The zero-order valence-corrected chi connectivity index (χ0v) is 8.62. The van der Waals surface area contributed by atoms with Crippen LogP contribution in [0.2, 0.25) is 0 Å². The van der Waals surface area contributed by atoms with Crippen LogP contribution in [0.1, 0.15) is 43.9 Å². The molecule has 0 aliphatic carbocycles. The first-order valence-electron chi connectivity index (χ1n) is 4.78. The topological polar surface area (TPSA) is 56.7 Å². The van der Waals surface area contributed by atoms with Crippen LogP contribution >= 0.6 is 0 Å². The molecule has 4 heteroatoms. The van der Waals surface area contributed by atoms with Crippen molar-refractivity contribution in [2.45, 2.75) is 39.2 Å². The third kappa shape index (κ3) is 2.52. The Morgan fingerprint density at radius 2 is 2.23 bits per heavy atom. The SMILES string of the molecule is CCCCC(N)c1nc(C)nn1C.